The van der Waals surface area contributed by atoms with Crippen molar-refractivity contribution in [2.24, 2.45) is 10.8 Å². The van der Waals surface area contributed by atoms with Gasteiger partial charge in [0.25, 0.3) is 0 Å². The van der Waals surface area contributed by atoms with E-state index < -0.39 is 34.7 Å². The third-order valence-corrected chi connectivity index (χ3v) is 3.81. The average molecular weight is 348 g/mol. The number of carboxylic acids is 4. The molecule has 0 heterocycles. The highest BCUT2D eigenvalue weighted by atomic mass is 16.5. The Hall–Kier alpha value is -3.62. The molecule has 0 amide bonds. The van der Waals surface area contributed by atoms with Gasteiger partial charge in [0.15, 0.2) is 0 Å². The van der Waals surface area contributed by atoms with Crippen LogP contribution in [0.5, 0.6) is 5.75 Å². The first-order valence-electron chi connectivity index (χ1n) is 6.77. The molecule has 4 N–H and O–H groups in total. The van der Waals surface area contributed by atoms with Gasteiger partial charge in [0.05, 0.1) is 0 Å². The molecule has 0 spiro atoms. The van der Waals surface area contributed by atoms with Gasteiger partial charge in [-0.05, 0) is 24.3 Å². The Balaban J connectivity index is 2.68. The normalized spacial score (nSPS) is 17.2. The maximum atomic E-state index is 11.7. The molecular weight excluding hydrogens is 336 g/mol. The van der Waals surface area contributed by atoms with E-state index in [1.165, 1.54) is 12.1 Å². The largest absolute Gasteiger partial charge is 0.480 e. The van der Waals surface area contributed by atoms with Crippen molar-refractivity contribution < 1.29 is 44.3 Å². The summed E-state index contributed by atoms with van der Waals surface area (Å²) in [7, 11) is 0. The molecule has 0 aromatic heterocycles. The number of hydrogen-bond donors (Lipinski definition) is 4. The van der Waals surface area contributed by atoms with Crippen LogP contribution < -0.4 is 4.74 Å². The zero-order valence-electron chi connectivity index (χ0n) is 12.4. The van der Waals surface area contributed by atoms with Gasteiger partial charge in [-0.15, -0.1) is 0 Å². The Morgan fingerprint density at radius 1 is 0.760 bits per heavy atom. The number of rotatable bonds is 6. The summed E-state index contributed by atoms with van der Waals surface area (Å²) in [6, 6.07) is 7.87. The quantitative estimate of drug-likeness (QED) is 0.546. The van der Waals surface area contributed by atoms with E-state index in [0.717, 1.165) is 6.08 Å². The molecule has 1 aromatic rings. The first kappa shape index (κ1) is 17.7. The van der Waals surface area contributed by atoms with Gasteiger partial charge >= 0.3 is 23.9 Å². The van der Waals surface area contributed by atoms with Gasteiger partial charge in [-0.2, -0.15) is 0 Å². The second kappa shape index (κ2) is 6.11. The number of ether oxygens (including phenoxy) is 1. The lowest BCUT2D eigenvalue weighted by Crippen LogP contribution is -2.60. The third kappa shape index (κ3) is 2.51. The van der Waals surface area contributed by atoms with Gasteiger partial charge in [0.1, 0.15) is 11.5 Å². The van der Waals surface area contributed by atoms with Crippen molar-refractivity contribution in [3.8, 4) is 5.75 Å². The smallest absolute Gasteiger partial charge is 0.327 e. The van der Waals surface area contributed by atoms with E-state index in [0.29, 0.717) is 12.2 Å². The molecule has 1 aliphatic carbocycles. The van der Waals surface area contributed by atoms with Crippen molar-refractivity contribution in [2.75, 3.05) is 0 Å². The summed E-state index contributed by atoms with van der Waals surface area (Å²) >= 11 is 0. The van der Waals surface area contributed by atoms with Crippen LogP contribution in [0.25, 0.3) is 0 Å². The SMILES string of the molecule is O=C(O)C1(C(=O)O)C=CC(Oc2ccccc2)=CC1(C(=O)O)C(=O)O. The van der Waals surface area contributed by atoms with Gasteiger partial charge in [-0.3, -0.25) is 19.2 Å². The fourth-order valence-corrected chi connectivity index (χ4v) is 2.53. The van der Waals surface area contributed by atoms with Gasteiger partial charge in [-0.1, -0.05) is 24.3 Å². The lowest BCUT2D eigenvalue weighted by atomic mass is 9.60. The molecule has 1 aromatic carbocycles. The average Bonchev–Trinajstić information content (AvgIpc) is 2.54. The second-order valence-electron chi connectivity index (χ2n) is 5.13. The molecule has 0 saturated carbocycles. The Morgan fingerprint density at radius 2 is 1.24 bits per heavy atom. The minimum absolute atomic E-state index is 0.223. The molecule has 0 fully saturated rings. The summed E-state index contributed by atoms with van der Waals surface area (Å²) in [6.07, 6.45) is 1.89. The van der Waals surface area contributed by atoms with Crippen LogP contribution >= 0.6 is 0 Å². The molecule has 25 heavy (non-hydrogen) atoms. The topological polar surface area (TPSA) is 158 Å². The fourth-order valence-electron chi connectivity index (χ4n) is 2.53. The highest BCUT2D eigenvalue weighted by Gasteiger charge is 2.70. The summed E-state index contributed by atoms with van der Waals surface area (Å²) < 4.78 is 5.33. The highest BCUT2D eigenvalue weighted by molar-refractivity contribution is 6.16. The van der Waals surface area contributed by atoms with Crippen LogP contribution in [0.4, 0.5) is 0 Å². The Labute approximate surface area is 140 Å². The van der Waals surface area contributed by atoms with Crippen molar-refractivity contribution in [1.82, 2.24) is 0 Å². The zero-order valence-corrected chi connectivity index (χ0v) is 12.4. The van der Waals surface area contributed by atoms with Crippen molar-refractivity contribution in [2.45, 2.75) is 0 Å². The fraction of sp³-hybridized carbons (Fsp3) is 0.125. The Kier molecular flexibility index (Phi) is 4.34. The van der Waals surface area contributed by atoms with Crippen molar-refractivity contribution >= 4 is 23.9 Å². The second-order valence-corrected chi connectivity index (χ2v) is 5.13. The molecule has 9 heteroatoms. The minimum Gasteiger partial charge on any atom is -0.480 e. The van der Waals surface area contributed by atoms with Crippen molar-refractivity contribution in [3.05, 3.63) is 54.3 Å². The Morgan fingerprint density at radius 3 is 1.68 bits per heavy atom. The highest BCUT2D eigenvalue weighted by Crippen LogP contribution is 2.47. The van der Waals surface area contributed by atoms with Crippen LogP contribution in [0.2, 0.25) is 0 Å². The first-order chi connectivity index (χ1) is 11.7. The zero-order chi connectivity index (χ0) is 18.8. The van der Waals surface area contributed by atoms with E-state index >= 15 is 0 Å². The predicted molar refractivity (Wildman–Crippen MR) is 79.7 cm³/mol. The summed E-state index contributed by atoms with van der Waals surface area (Å²) in [5.41, 5.74) is -6.54. The van der Waals surface area contributed by atoms with Crippen LogP contribution in [0.1, 0.15) is 0 Å². The number of carboxylic acid groups (broad SMARTS) is 4. The molecule has 0 atom stereocenters. The minimum atomic E-state index is -3.30. The third-order valence-electron chi connectivity index (χ3n) is 3.81. The Bertz CT molecular complexity index is 776. The van der Waals surface area contributed by atoms with E-state index in [2.05, 4.69) is 0 Å². The monoisotopic (exact) mass is 348 g/mol. The van der Waals surface area contributed by atoms with Crippen LogP contribution in [0, 0.1) is 10.8 Å². The number of benzene rings is 1. The summed E-state index contributed by atoms with van der Waals surface area (Å²) in [4.78, 5) is 46.6. The molecule has 0 saturated heterocycles. The first-order valence-corrected chi connectivity index (χ1v) is 6.77. The van der Waals surface area contributed by atoms with E-state index in [-0.39, 0.29) is 11.5 Å². The van der Waals surface area contributed by atoms with E-state index in [4.69, 9.17) is 4.74 Å². The number of allylic oxidation sites excluding steroid dienone is 1. The van der Waals surface area contributed by atoms with Crippen LogP contribution in [0.3, 0.4) is 0 Å². The van der Waals surface area contributed by atoms with Crippen LogP contribution in [-0.2, 0) is 19.2 Å². The molecule has 1 aliphatic rings. The number of para-hydroxylation sites is 1. The number of aliphatic carboxylic acids is 4. The molecule has 0 bridgehead atoms. The summed E-state index contributed by atoms with van der Waals surface area (Å²) in [6.45, 7) is 0. The molecule has 0 aliphatic heterocycles. The maximum Gasteiger partial charge on any atom is 0.327 e. The van der Waals surface area contributed by atoms with Crippen LogP contribution in [-0.4, -0.2) is 44.3 Å². The molecule has 130 valence electrons. The number of hydrogen-bond acceptors (Lipinski definition) is 5. The lowest BCUT2D eigenvalue weighted by Gasteiger charge is -2.36. The molecule has 9 nitrogen and oxygen atoms in total. The van der Waals surface area contributed by atoms with Crippen molar-refractivity contribution in [3.63, 3.8) is 0 Å². The van der Waals surface area contributed by atoms with Gasteiger partial charge < -0.3 is 25.2 Å². The molecule has 0 radical (unpaired) electrons. The molecule has 0 unspecified atom stereocenters. The molecule has 2 rings (SSSR count). The van der Waals surface area contributed by atoms with Gasteiger partial charge in [0, 0.05) is 0 Å². The summed E-state index contributed by atoms with van der Waals surface area (Å²) in [5.74, 6) is -8.64. The standard InChI is InChI=1S/C16H12O9/c17-11(18)15(12(19)20)7-6-10(25-9-4-2-1-3-5-9)8-16(15,13(21)22)14(23)24/h1-8H,(H,17,18)(H,19,20)(H,21,22)(H,23,24). The van der Waals surface area contributed by atoms with E-state index in [1.807, 2.05) is 0 Å². The summed E-state index contributed by atoms with van der Waals surface area (Å²) in [5, 5.41) is 37.5. The lowest BCUT2D eigenvalue weighted by molar-refractivity contribution is -0.186. The van der Waals surface area contributed by atoms with E-state index in [9.17, 15) is 39.6 Å². The van der Waals surface area contributed by atoms with E-state index in [1.54, 1.807) is 18.2 Å². The predicted octanol–water partition coefficient (Wildman–Crippen LogP) is 0.830. The van der Waals surface area contributed by atoms with Gasteiger partial charge in [0.2, 0.25) is 10.8 Å². The van der Waals surface area contributed by atoms with Gasteiger partial charge in [-0.25, -0.2) is 0 Å². The molecular formula is C16H12O9. The maximum absolute atomic E-state index is 11.7. The van der Waals surface area contributed by atoms with Crippen LogP contribution in [0.15, 0.2) is 54.3 Å². The van der Waals surface area contributed by atoms with Crippen molar-refractivity contribution in [1.29, 1.82) is 0 Å². The number of carbonyl (C=O) groups is 4.